The molecule has 136 valence electrons. The van der Waals surface area contributed by atoms with Crippen LogP contribution < -0.4 is 10.6 Å². The van der Waals surface area contributed by atoms with Gasteiger partial charge in [-0.1, -0.05) is 36.4 Å². The van der Waals surface area contributed by atoms with Crippen LogP contribution in [0, 0.1) is 16.0 Å². The Kier molecular flexibility index (Phi) is 5.48. The van der Waals surface area contributed by atoms with Crippen molar-refractivity contribution in [2.75, 3.05) is 18.5 Å². The molecule has 0 aliphatic heterocycles. The summed E-state index contributed by atoms with van der Waals surface area (Å²) in [5.74, 6) is -0.316. The second-order valence-electron chi connectivity index (χ2n) is 6.35. The van der Waals surface area contributed by atoms with Crippen LogP contribution in [-0.4, -0.2) is 29.1 Å². The molecule has 0 heterocycles. The van der Waals surface area contributed by atoms with E-state index in [2.05, 4.69) is 10.6 Å². The van der Waals surface area contributed by atoms with Gasteiger partial charge in [0, 0.05) is 18.6 Å². The second kappa shape index (κ2) is 7.97. The summed E-state index contributed by atoms with van der Waals surface area (Å²) in [5.41, 5.74) is 2.43. The molecule has 0 unspecified atom stereocenters. The average Bonchev–Trinajstić information content (AvgIpc) is 2.66. The third-order valence-electron chi connectivity index (χ3n) is 4.74. The maximum atomic E-state index is 12.4. The number of nitro benzene ring substituents is 1. The SMILES string of the molecule is O=C(CNc1ccccc1[N+](=O)[O-])N[C@@H]1c2ccccc2CC[C@H]1CO. The van der Waals surface area contributed by atoms with Crippen molar-refractivity contribution in [3.05, 3.63) is 69.8 Å². The minimum Gasteiger partial charge on any atom is -0.396 e. The number of hydrogen-bond acceptors (Lipinski definition) is 5. The van der Waals surface area contributed by atoms with Crippen LogP contribution in [0.4, 0.5) is 11.4 Å². The van der Waals surface area contributed by atoms with Gasteiger partial charge in [-0.15, -0.1) is 0 Å². The molecular weight excluding hydrogens is 334 g/mol. The van der Waals surface area contributed by atoms with Crippen molar-refractivity contribution in [2.24, 2.45) is 5.92 Å². The van der Waals surface area contributed by atoms with Crippen molar-refractivity contribution in [1.29, 1.82) is 0 Å². The number of para-hydroxylation sites is 2. The lowest BCUT2D eigenvalue weighted by atomic mass is 9.80. The van der Waals surface area contributed by atoms with E-state index in [0.717, 1.165) is 18.4 Å². The molecule has 3 N–H and O–H groups in total. The number of anilines is 1. The molecule has 0 saturated carbocycles. The smallest absolute Gasteiger partial charge is 0.292 e. The second-order valence-corrected chi connectivity index (χ2v) is 6.35. The quantitative estimate of drug-likeness (QED) is 0.545. The van der Waals surface area contributed by atoms with E-state index in [0.29, 0.717) is 5.69 Å². The van der Waals surface area contributed by atoms with Crippen LogP contribution in [-0.2, 0) is 11.2 Å². The number of amides is 1. The maximum absolute atomic E-state index is 12.4. The van der Waals surface area contributed by atoms with Gasteiger partial charge in [0.05, 0.1) is 17.5 Å². The molecule has 0 aromatic heterocycles. The van der Waals surface area contributed by atoms with Gasteiger partial charge < -0.3 is 15.7 Å². The molecule has 0 spiro atoms. The largest absolute Gasteiger partial charge is 0.396 e. The Morgan fingerprint density at radius 3 is 2.69 bits per heavy atom. The highest BCUT2D eigenvalue weighted by Gasteiger charge is 2.30. The summed E-state index contributed by atoms with van der Waals surface area (Å²) in [7, 11) is 0. The molecule has 2 atom stereocenters. The predicted molar refractivity (Wildman–Crippen MR) is 97.8 cm³/mol. The zero-order valence-corrected chi connectivity index (χ0v) is 14.2. The van der Waals surface area contributed by atoms with Crippen molar-refractivity contribution >= 4 is 17.3 Å². The molecule has 2 aromatic rings. The number of fused-ring (bicyclic) bond motifs is 1. The van der Waals surface area contributed by atoms with Crippen molar-refractivity contribution in [1.82, 2.24) is 5.32 Å². The average molecular weight is 355 g/mol. The Hall–Kier alpha value is -2.93. The zero-order valence-electron chi connectivity index (χ0n) is 14.2. The maximum Gasteiger partial charge on any atom is 0.292 e. The standard InChI is InChI=1S/C19H21N3O4/c23-12-14-10-9-13-5-1-2-6-15(13)19(14)21-18(24)11-20-16-7-3-4-8-17(16)22(25)26/h1-8,14,19-20,23H,9-12H2,(H,21,24)/t14-,19-/m0/s1. The molecule has 7 heteroatoms. The fourth-order valence-corrected chi connectivity index (χ4v) is 3.40. The van der Waals surface area contributed by atoms with Crippen LogP contribution in [0.3, 0.4) is 0 Å². The van der Waals surface area contributed by atoms with E-state index in [9.17, 15) is 20.0 Å². The van der Waals surface area contributed by atoms with Gasteiger partial charge in [-0.05, 0) is 30.0 Å². The molecule has 0 fully saturated rings. The highest BCUT2D eigenvalue weighted by Crippen LogP contribution is 2.34. The summed E-state index contributed by atoms with van der Waals surface area (Å²) < 4.78 is 0. The minimum absolute atomic E-state index is 0.00311. The van der Waals surface area contributed by atoms with Crippen molar-refractivity contribution in [2.45, 2.75) is 18.9 Å². The lowest BCUT2D eigenvalue weighted by molar-refractivity contribution is -0.383. The number of aliphatic hydroxyl groups is 1. The van der Waals surface area contributed by atoms with Gasteiger partial charge in [-0.3, -0.25) is 14.9 Å². The minimum atomic E-state index is -0.487. The van der Waals surface area contributed by atoms with Crippen LogP contribution >= 0.6 is 0 Å². The Morgan fingerprint density at radius 1 is 1.19 bits per heavy atom. The van der Waals surface area contributed by atoms with E-state index in [4.69, 9.17) is 0 Å². The van der Waals surface area contributed by atoms with Crippen LogP contribution in [0.1, 0.15) is 23.6 Å². The van der Waals surface area contributed by atoms with Crippen LogP contribution in [0.25, 0.3) is 0 Å². The molecule has 3 rings (SSSR count). The van der Waals surface area contributed by atoms with Crippen molar-refractivity contribution in [3.8, 4) is 0 Å². The van der Waals surface area contributed by atoms with E-state index < -0.39 is 4.92 Å². The van der Waals surface area contributed by atoms with Gasteiger partial charge in [0.1, 0.15) is 5.69 Å². The third-order valence-corrected chi connectivity index (χ3v) is 4.74. The van der Waals surface area contributed by atoms with Crippen LogP contribution in [0.5, 0.6) is 0 Å². The van der Waals surface area contributed by atoms with E-state index in [-0.39, 0.29) is 36.7 Å². The van der Waals surface area contributed by atoms with E-state index >= 15 is 0 Å². The first-order valence-electron chi connectivity index (χ1n) is 8.55. The van der Waals surface area contributed by atoms with Crippen LogP contribution in [0.15, 0.2) is 48.5 Å². The molecule has 0 saturated heterocycles. The van der Waals surface area contributed by atoms with Gasteiger partial charge >= 0.3 is 0 Å². The lowest BCUT2D eigenvalue weighted by Crippen LogP contribution is -2.40. The lowest BCUT2D eigenvalue weighted by Gasteiger charge is -2.33. The molecule has 1 aliphatic rings. The Morgan fingerprint density at radius 2 is 1.92 bits per heavy atom. The first-order chi connectivity index (χ1) is 12.6. The van der Waals surface area contributed by atoms with E-state index in [1.165, 1.54) is 11.6 Å². The van der Waals surface area contributed by atoms with Crippen LogP contribution in [0.2, 0.25) is 0 Å². The summed E-state index contributed by atoms with van der Waals surface area (Å²) >= 11 is 0. The summed E-state index contributed by atoms with van der Waals surface area (Å²) in [6.07, 6.45) is 1.68. The zero-order chi connectivity index (χ0) is 18.5. The van der Waals surface area contributed by atoms with Crippen molar-refractivity contribution < 1.29 is 14.8 Å². The number of carbonyl (C=O) groups is 1. The highest BCUT2D eigenvalue weighted by atomic mass is 16.6. The van der Waals surface area contributed by atoms with Crippen molar-refractivity contribution in [3.63, 3.8) is 0 Å². The number of nitro groups is 1. The molecule has 1 aliphatic carbocycles. The Bertz CT molecular complexity index is 809. The fourth-order valence-electron chi connectivity index (χ4n) is 3.40. The fraction of sp³-hybridized carbons (Fsp3) is 0.316. The first-order valence-corrected chi connectivity index (χ1v) is 8.55. The first kappa shape index (κ1) is 17.9. The topological polar surface area (TPSA) is 104 Å². The van der Waals surface area contributed by atoms with Gasteiger partial charge in [-0.2, -0.15) is 0 Å². The Labute approximate surface area is 151 Å². The number of nitrogens with one attached hydrogen (secondary N) is 2. The molecule has 0 radical (unpaired) electrons. The molecule has 1 amide bonds. The van der Waals surface area contributed by atoms with Gasteiger partial charge in [0.2, 0.25) is 5.91 Å². The third kappa shape index (κ3) is 3.83. The summed E-state index contributed by atoms with van der Waals surface area (Å²) in [6, 6.07) is 13.8. The predicted octanol–water partition coefficient (Wildman–Crippen LogP) is 2.42. The Balaban J connectivity index is 1.69. The summed E-state index contributed by atoms with van der Waals surface area (Å²) in [5, 5.41) is 26.5. The molecule has 2 aromatic carbocycles. The molecule has 0 bridgehead atoms. The molecular formula is C19H21N3O4. The number of hydrogen-bond donors (Lipinski definition) is 3. The number of aliphatic hydroxyl groups excluding tert-OH is 1. The molecule has 26 heavy (non-hydrogen) atoms. The number of rotatable bonds is 6. The van der Waals surface area contributed by atoms with Gasteiger partial charge in [0.15, 0.2) is 0 Å². The van der Waals surface area contributed by atoms with Gasteiger partial charge in [-0.25, -0.2) is 0 Å². The summed E-state index contributed by atoms with van der Waals surface area (Å²) in [6.45, 7) is -0.0848. The molecule has 7 nitrogen and oxygen atoms in total. The number of carbonyl (C=O) groups excluding carboxylic acids is 1. The number of nitrogens with zero attached hydrogens (tertiary/aromatic N) is 1. The van der Waals surface area contributed by atoms with E-state index in [1.807, 2.05) is 24.3 Å². The number of benzene rings is 2. The highest BCUT2D eigenvalue weighted by molar-refractivity contribution is 5.82. The number of aryl methyl sites for hydroxylation is 1. The van der Waals surface area contributed by atoms with E-state index in [1.54, 1.807) is 18.2 Å². The summed E-state index contributed by atoms with van der Waals surface area (Å²) in [4.78, 5) is 23.0. The van der Waals surface area contributed by atoms with Gasteiger partial charge in [0.25, 0.3) is 5.69 Å². The monoisotopic (exact) mass is 355 g/mol. The normalized spacial score (nSPS) is 18.7.